The lowest BCUT2D eigenvalue weighted by Gasteiger charge is -2.20. The third-order valence-corrected chi connectivity index (χ3v) is 3.49. The van der Waals surface area contributed by atoms with Crippen molar-refractivity contribution in [2.75, 3.05) is 19.6 Å². The standard InChI is InChI=1S/C13H22FN3O3/c1-4-16(5-2)8-6-7-9(3)17-12(19)10(14)11(18)15-13(17)20/h9,19H,4-8H2,1-3H3,(H,15,18,20). The SMILES string of the molecule is CCN(CC)CCCC(C)n1c(O)c(F)c(=O)[nH]c1=O. The number of nitrogens with zero attached hydrogens (tertiary/aromatic N) is 2. The molecule has 0 aliphatic rings. The second-order valence-corrected chi connectivity index (χ2v) is 4.79. The normalized spacial score (nSPS) is 12.8. The molecule has 1 rings (SSSR count). The molecule has 1 aromatic heterocycles. The van der Waals surface area contributed by atoms with E-state index in [1.165, 1.54) is 0 Å². The van der Waals surface area contributed by atoms with E-state index >= 15 is 0 Å². The Labute approximate surface area is 116 Å². The maximum absolute atomic E-state index is 13.3. The largest absolute Gasteiger partial charge is 0.492 e. The van der Waals surface area contributed by atoms with Crippen LogP contribution in [0.3, 0.4) is 0 Å². The summed E-state index contributed by atoms with van der Waals surface area (Å²) in [4.78, 5) is 26.7. The minimum atomic E-state index is -1.32. The highest BCUT2D eigenvalue weighted by atomic mass is 19.1. The van der Waals surface area contributed by atoms with Crippen molar-refractivity contribution >= 4 is 0 Å². The summed E-state index contributed by atoms with van der Waals surface area (Å²) < 4.78 is 14.2. The zero-order chi connectivity index (χ0) is 15.3. The molecule has 0 spiro atoms. The molecule has 0 radical (unpaired) electrons. The lowest BCUT2D eigenvalue weighted by Crippen LogP contribution is -2.34. The molecule has 1 heterocycles. The number of aromatic nitrogens is 2. The van der Waals surface area contributed by atoms with Crippen LogP contribution in [0.4, 0.5) is 4.39 Å². The zero-order valence-electron chi connectivity index (χ0n) is 12.1. The number of hydrogen-bond acceptors (Lipinski definition) is 4. The fourth-order valence-corrected chi connectivity index (χ4v) is 2.20. The van der Waals surface area contributed by atoms with E-state index in [-0.39, 0.29) is 6.04 Å². The van der Waals surface area contributed by atoms with Crippen LogP contribution in [0.2, 0.25) is 0 Å². The van der Waals surface area contributed by atoms with E-state index in [2.05, 4.69) is 18.7 Å². The molecule has 0 saturated heterocycles. The Bertz CT molecular complexity index is 549. The Hall–Kier alpha value is -1.63. The molecular weight excluding hydrogens is 265 g/mol. The number of aromatic hydroxyl groups is 1. The zero-order valence-corrected chi connectivity index (χ0v) is 12.1. The highest BCUT2D eigenvalue weighted by Gasteiger charge is 2.18. The van der Waals surface area contributed by atoms with Gasteiger partial charge in [0.25, 0.3) is 5.56 Å². The van der Waals surface area contributed by atoms with Crippen molar-refractivity contribution in [1.82, 2.24) is 14.5 Å². The van der Waals surface area contributed by atoms with E-state index in [4.69, 9.17) is 0 Å². The summed E-state index contributed by atoms with van der Waals surface area (Å²) in [7, 11) is 0. The molecule has 1 atom stereocenters. The van der Waals surface area contributed by atoms with Crippen molar-refractivity contribution in [2.24, 2.45) is 0 Å². The van der Waals surface area contributed by atoms with Gasteiger partial charge < -0.3 is 10.0 Å². The van der Waals surface area contributed by atoms with Crippen molar-refractivity contribution < 1.29 is 9.50 Å². The number of nitrogens with one attached hydrogen (secondary N) is 1. The highest BCUT2D eigenvalue weighted by molar-refractivity contribution is 5.10. The number of halogens is 1. The Balaban J connectivity index is 2.79. The monoisotopic (exact) mass is 287 g/mol. The van der Waals surface area contributed by atoms with E-state index in [1.807, 2.05) is 4.98 Å². The summed E-state index contributed by atoms with van der Waals surface area (Å²) in [5.74, 6) is -2.21. The van der Waals surface area contributed by atoms with Gasteiger partial charge >= 0.3 is 5.69 Å². The lowest BCUT2D eigenvalue weighted by atomic mass is 10.1. The molecule has 0 saturated carbocycles. The van der Waals surface area contributed by atoms with Gasteiger partial charge in [-0.05, 0) is 39.4 Å². The molecule has 0 bridgehead atoms. The third kappa shape index (κ3) is 3.69. The van der Waals surface area contributed by atoms with E-state index in [1.54, 1.807) is 6.92 Å². The molecule has 0 aliphatic carbocycles. The van der Waals surface area contributed by atoms with Gasteiger partial charge in [-0.3, -0.25) is 14.3 Å². The Morgan fingerprint density at radius 2 is 1.95 bits per heavy atom. The van der Waals surface area contributed by atoms with Crippen LogP contribution in [0.5, 0.6) is 5.88 Å². The Morgan fingerprint density at radius 1 is 1.35 bits per heavy atom. The minimum absolute atomic E-state index is 0.385. The summed E-state index contributed by atoms with van der Waals surface area (Å²) in [5.41, 5.74) is -1.98. The van der Waals surface area contributed by atoms with E-state index in [9.17, 15) is 19.1 Å². The van der Waals surface area contributed by atoms with Crippen LogP contribution >= 0.6 is 0 Å². The molecule has 1 aromatic rings. The number of hydrogen-bond donors (Lipinski definition) is 2. The summed E-state index contributed by atoms with van der Waals surface area (Å²) in [5, 5.41) is 9.59. The van der Waals surface area contributed by atoms with Crippen LogP contribution in [-0.2, 0) is 0 Å². The van der Waals surface area contributed by atoms with Crippen molar-refractivity contribution in [3.63, 3.8) is 0 Å². The van der Waals surface area contributed by atoms with Crippen LogP contribution in [0.25, 0.3) is 0 Å². The average molecular weight is 287 g/mol. The molecule has 2 N–H and O–H groups in total. The quantitative estimate of drug-likeness (QED) is 0.786. The second kappa shape index (κ2) is 7.23. The van der Waals surface area contributed by atoms with E-state index < -0.39 is 22.9 Å². The second-order valence-electron chi connectivity index (χ2n) is 4.79. The molecule has 0 amide bonds. The van der Waals surface area contributed by atoms with Crippen LogP contribution in [0, 0.1) is 5.82 Å². The third-order valence-electron chi connectivity index (χ3n) is 3.49. The van der Waals surface area contributed by atoms with Gasteiger partial charge in [0, 0.05) is 6.04 Å². The van der Waals surface area contributed by atoms with Gasteiger partial charge in [0.05, 0.1) is 0 Å². The summed E-state index contributed by atoms with van der Waals surface area (Å²) in [6, 6.07) is -0.385. The smallest absolute Gasteiger partial charge is 0.331 e. The van der Waals surface area contributed by atoms with E-state index in [0.717, 1.165) is 30.6 Å². The number of rotatable bonds is 7. The highest BCUT2D eigenvalue weighted by Crippen LogP contribution is 2.18. The number of H-pyrrole nitrogens is 1. The first kappa shape index (κ1) is 16.4. The molecule has 1 unspecified atom stereocenters. The molecule has 6 nitrogen and oxygen atoms in total. The fraction of sp³-hybridized carbons (Fsp3) is 0.692. The lowest BCUT2D eigenvalue weighted by molar-refractivity contribution is 0.278. The topological polar surface area (TPSA) is 78.3 Å². The summed E-state index contributed by atoms with van der Waals surface area (Å²) in [6.45, 7) is 8.62. The van der Waals surface area contributed by atoms with Gasteiger partial charge in [-0.1, -0.05) is 13.8 Å². The van der Waals surface area contributed by atoms with Gasteiger partial charge in [0.1, 0.15) is 0 Å². The van der Waals surface area contributed by atoms with Crippen LogP contribution in [0.1, 0.15) is 39.7 Å². The number of aromatic amines is 1. The average Bonchev–Trinajstić information content (AvgIpc) is 2.41. The van der Waals surface area contributed by atoms with Crippen molar-refractivity contribution in [1.29, 1.82) is 0 Å². The molecule has 0 fully saturated rings. The van der Waals surface area contributed by atoms with Crippen molar-refractivity contribution in [3.05, 3.63) is 26.7 Å². The molecule has 7 heteroatoms. The first-order valence-corrected chi connectivity index (χ1v) is 6.87. The molecule has 20 heavy (non-hydrogen) atoms. The summed E-state index contributed by atoms with van der Waals surface area (Å²) >= 11 is 0. The van der Waals surface area contributed by atoms with Gasteiger partial charge in [-0.2, -0.15) is 4.39 Å². The summed E-state index contributed by atoms with van der Waals surface area (Å²) in [6.07, 6.45) is 1.42. The first-order chi connectivity index (χ1) is 9.42. The van der Waals surface area contributed by atoms with Gasteiger partial charge in [-0.25, -0.2) is 4.79 Å². The molecule has 0 aliphatic heterocycles. The maximum atomic E-state index is 13.3. The predicted molar refractivity (Wildman–Crippen MR) is 74.7 cm³/mol. The van der Waals surface area contributed by atoms with Crippen molar-refractivity contribution in [3.8, 4) is 5.88 Å². The first-order valence-electron chi connectivity index (χ1n) is 6.87. The van der Waals surface area contributed by atoms with Crippen molar-refractivity contribution in [2.45, 2.75) is 39.7 Å². The molecule has 114 valence electrons. The van der Waals surface area contributed by atoms with Crippen LogP contribution in [0.15, 0.2) is 9.59 Å². The Morgan fingerprint density at radius 3 is 2.50 bits per heavy atom. The van der Waals surface area contributed by atoms with Crippen LogP contribution in [-0.4, -0.2) is 39.2 Å². The van der Waals surface area contributed by atoms with Gasteiger partial charge in [-0.15, -0.1) is 0 Å². The fourth-order valence-electron chi connectivity index (χ4n) is 2.20. The Kier molecular flexibility index (Phi) is 5.94. The maximum Gasteiger partial charge on any atom is 0.331 e. The van der Waals surface area contributed by atoms with E-state index in [0.29, 0.717) is 6.42 Å². The minimum Gasteiger partial charge on any atom is -0.492 e. The van der Waals surface area contributed by atoms with Gasteiger partial charge in [0.15, 0.2) is 0 Å². The molecular formula is C13H22FN3O3. The predicted octanol–water partition coefficient (Wildman–Crippen LogP) is 1.06. The van der Waals surface area contributed by atoms with Gasteiger partial charge in [0.2, 0.25) is 11.7 Å². The molecule has 0 aromatic carbocycles. The van der Waals surface area contributed by atoms with Crippen LogP contribution < -0.4 is 11.2 Å².